The Balaban J connectivity index is 1.43. The van der Waals surface area contributed by atoms with Crippen molar-refractivity contribution in [3.63, 3.8) is 0 Å². The van der Waals surface area contributed by atoms with Gasteiger partial charge < -0.3 is 25.0 Å². The highest BCUT2D eigenvalue weighted by Crippen LogP contribution is 2.30. The number of hydrogen-bond donors (Lipinski definition) is 2. The summed E-state index contributed by atoms with van der Waals surface area (Å²) in [5.41, 5.74) is 1.30. The molecule has 2 heterocycles. The Morgan fingerprint density at radius 1 is 1.17 bits per heavy atom. The van der Waals surface area contributed by atoms with Gasteiger partial charge in [-0.15, -0.1) is 0 Å². The molecule has 8 heteroatoms. The van der Waals surface area contributed by atoms with Crippen LogP contribution in [0.5, 0.6) is 11.5 Å². The lowest BCUT2D eigenvalue weighted by Crippen LogP contribution is -2.40. The topological polar surface area (TPSA) is 97.0 Å². The third-order valence-electron chi connectivity index (χ3n) is 5.04. The normalized spacial score (nSPS) is 17.7. The summed E-state index contributed by atoms with van der Waals surface area (Å²) in [6.45, 7) is 0.380. The fraction of sp³-hybridized carbons (Fsp3) is 0.286. The molecule has 2 aromatic rings. The van der Waals surface area contributed by atoms with Crippen LogP contribution in [-0.2, 0) is 9.59 Å². The SMILES string of the molecule is COc1ccc(OCC(=O)Nc2ccc3c(c2)C(=O)N2CCC[C@@H]2C(=O)N3)cc1. The number of nitrogens with zero attached hydrogens (tertiary/aromatic N) is 1. The predicted octanol–water partition coefficient (Wildman–Crippen LogP) is 2.27. The molecule has 2 aliphatic rings. The molecule has 3 amide bonds. The van der Waals surface area contributed by atoms with E-state index in [1.54, 1.807) is 54.5 Å². The van der Waals surface area contributed by atoms with Gasteiger partial charge in [0.1, 0.15) is 17.5 Å². The van der Waals surface area contributed by atoms with E-state index >= 15 is 0 Å². The van der Waals surface area contributed by atoms with Crippen LogP contribution in [0.3, 0.4) is 0 Å². The van der Waals surface area contributed by atoms with Crippen LogP contribution < -0.4 is 20.1 Å². The van der Waals surface area contributed by atoms with Gasteiger partial charge in [-0.3, -0.25) is 14.4 Å². The highest BCUT2D eigenvalue weighted by molar-refractivity contribution is 6.11. The first-order valence-electron chi connectivity index (χ1n) is 9.38. The van der Waals surface area contributed by atoms with Crippen LogP contribution in [0, 0.1) is 0 Å². The smallest absolute Gasteiger partial charge is 0.262 e. The van der Waals surface area contributed by atoms with Gasteiger partial charge in [0.25, 0.3) is 11.8 Å². The van der Waals surface area contributed by atoms with Crippen molar-refractivity contribution >= 4 is 29.1 Å². The molecule has 1 saturated heterocycles. The minimum absolute atomic E-state index is 0.167. The highest BCUT2D eigenvalue weighted by Gasteiger charge is 2.38. The number of nitrogens with one attached hydrogen (secondary N) is 2. The number of benzene rings is 2. The molecule has 0 bridgehead atoms. The maximum Gasteiger partial charge on any atom is 0.262 e. The van der Waals surface area contributed by atoms with Crippen LogP contribution >= 0.6 is 0 Å². The van der Waals surface area contributed by atoms with Crippen molar-refractivity contribution in [2.45, 2.75) is 18.9 Å². The summed E-state index contributed by atoms with van der Waals surface area (Å²) < 4.78 is 10.5. The van der Waals surface area contributed by atoms with E-state index in [0.717, 1.165) is 6.42 Å². The fourth-order valence-electron chi connectivity index (χ4n) is 3.58. The van der Waals surface area contributed by atoms with Gasteiger partial charge in [0.15, 0.2) is 6.61 Å². The van der Waals surface area contributed by atoms with Crippen LogP contribution in [0.4, 0.5) is 11.4 Å². The van der Waals surface area contributed by atoms with Crippen molar-refractivity contribution in [1.29, 1.82) is 0 Å². The maximum atomic E-state index is 12.9. The Morgan fingerprint density at radius 2 is 1.93 bits per heavy atom. The van der Waals surface area contributed by atoms with Gasteiger partial charge in [-0.2, -0.15) is 0 Å². The number of anilines is 2. The fourth-order valence-corrected chi connectivity index (χ4v) is 3.58. The van der Waals surface area contributed by atoms with Crippen LogP contribution in [0.15, 0.2) is 42.5 Å². The molecule has 150 valence electrons. The van der Waals surface area contributed by atoms with E-state index in [2.05, 4.69) is 10.6 Å². The maximum absolute atomic E-state index is 12.9. The molecular weight excluding hydrogens is 374 g/mol. The Hall–Kier alpha value is -3.55. The van der Waals surface area contributed by atoms with Gasteiger partial charge in [0.2, 0.25) is 5.91 Å². The van der Waals surface area contributed by atoms with Gasteiger partial charge in [-0.1, -0.05) is 0 Å². The quantitative estimate of drug-likeness (QED) is 0.810. The number of carbonyl (C=O) groups is 3. The molecule has 0 radical (unpaired) electrons. The molecule has 0 aromatic heterocycles. The van der Waals surface area contributed by atoms with Crippen molar-refractivity contribution in [2.24, 2.45) is 0 Å². The number of carbonyl (C=O) groups excluding carboxylic acids is 3. The Kier molecular flexibility index (Phi) is 5.07. The molecule has 29 heavy (non-hydrogen) atoms. The zero-order valence-electron chi connectivity index (χ0n) is 15.9. The molecule has 1 fully saturated rings. The van der Waals surface area contributed by atoms with E-state index in [0.29, 0.717) is 41.4 Å². The van der Waals surface area contributed by atoms with Crippen molar-refractivity contribution in [3.8, 4) is 11.5 Å². The van der Waals surface area contributed by atoms with Gasteiger partial charge in [0.05, 0.1) is 18.4 Å². The van der Waals surface area contributed by atoms with Gasteiger partial charge >= 0.3 is 0 Å². The van der Waals surface area contributed by atoms with E-state index in [1.165, 1.54) is 0 Å². The third kappa shape index (κ3) is 3.87. The number of rotatable bonds is 5. The van der Waals surface area contributed by atoms with Crippen molar-refractivity contribution in [2.75, 3.05) is 30.9 Å². The van der Waals surface area contributed by atoms with Crippen LogP contribution in [0.25, 0.3) is 0 Å². The van der Waals surface area contributed by atoms with Crippen LogP contribution in [0.2, 0.25) is 0 Å². The number of ether oxygens (including phenoxy) is 2. The Morgan fingerprint density at radius 3 is 2.69 bits per heavy atom. The van der Waals surface area contributed by atoms with Crippen molar-refractivity contribution in [1.82, 2.24) is 4.90 Å². The van der Waals surface area contributed by atoms with E-state index in [4.69, 9.17) is 9.47 Å². The summed E-state index contributed by atoms with van der Waals surface area (Å²) >= 11 is 0. The van der Waals surface area contributed by atoms with E-state index in [-0.39, 0.29) is 24.3 Å². The molecule has 8 nitrogen and oxygen atoms in total. The predicted molar refractivity (Wildman–Crippen MR) is 106 cm³/mol. The lowest BCUT2D eigenvalue weighted by Gasteiger charge is -2.20. The molecule has 0 aliphatic carbocycles. The lowest BCUT2D eigenvalue weighted by molar-refractivity contribution is -0.119. The largest absolute Gasteiger partial charge is 0.497 e. The van der Waals surface area contributed by atoms with Crippen LogP contribution in [-0.4, -0.2) is 48.9 Å². The monoisotopic (exact) mass is 395 g/mol. The lowest BCUT2D eigenvalue weighted by atomic mass is 10.1. The summed E-state index contributed by atoms with van der Waals surface area (Å²) in [5, 5.41) is 5.54. The number of fused-ring (bicyclic) bond motifs is 2. The number of methoxy groups -OCH3 is 1. The number of hydrogen-bond acceptors (Lipinski definition) is 5. The van der Waals surface area contributed by atoms with Crippen molar-refractivity contribution in [3.05, 3.63) is 48.0 Å². The second-order valence-corrected chi connectivity index (χ2v) is 6.92. The standard InChI is InChI=1S/C21H21N3O5/c1-28-14-5-7-15(8-6-14)29-12-19(25)22-13-4-9-17-16(11-13)21(27)24-10-2-3-18(24)20(26)23-17/h4-9,11,18H,2-3,10,12H2,1H3,(H,22,25)(H,23,26)/t18-/m1/s1. The molecule has 4 rings (SSSR count). The Labute approximate surface area is 167 Å². The summed E-state index contributed by atoms with van der Waals surface area (Å²) in [4.78, 5) is 39.0. The molecular formula is C21H21N3O5. The highest BCUT2D eigenvalue weighted by atomic mass is 16.5. The van der Waals surface area contributed by atoms with Gasteiger partial charge in [-0.25, -0.2) is 0 Å². The molecule has 0 saturated carbocycles. The zero-order chi connectivity index (χ0) is 20.4. The molecule has 2 aliphatic heterocycles. The first kappa shape index (κ1) is 18.8. The first-order chi connectivity index (χ1) is 14.0. The average molecular weight is 395 g/mol. The molecule has 0 unspecified atom stereocenters. The summed E-state index contributed by atoms with van der Waals surface area (Å²) in [5.74, 6) is 0.514. The number of amides is 3. The summed E-state index contributed by atoms with van der Waals surface area (Å²) in [7, 11) is 1.57. The molecule has 1 atom stereocenters. The molecule has 2 aromatic carbocycles. The van der Waals surface area contributed by atoms with Crippen LogP contribution in [0.1, 0.15) is 23.2 Å². The zero-order valence-corrected chi connectivity index (χ0v) is 15.9. The third-order valence-corrected chi connectivity index (χ3v) is 5.04. The van der Waals surface area contributed by atoms with E-state index in [9.17, 15) is 14.4 Å². The second-order valence-electron chi connectivity index (χ2n) is 6.92. The Bertz CT molecular complexity index is 957. The second kappa shape index (κ2) is 7.83. The molecule has 2 N–H and O–H groups in total. The van der Waals surface area contributed by atoms with Crippen molar-refractivity contribution < 1.29 is 23.9 Å². The van der Waals surface area contributed by atoms with Gasteiger partial charge in [0, 0.05) is 12.2 Å². The first-order valence-corrected chi connectivity index (χ1v) is 9.38. The molecule has 0 spiro atoms. The minimum atomic E-state index is -0.425. The summed E-state index contributed by atoms with van der Waals surface area (Å²) in [6.07, 6.45) is 1.47. The van der Waals surface area contributed by atoms with E-state index < -0.39 is 6.04 Å². The van der Waals surface area contributed by atoms with Gasteiger partial charge in [-0.05, 0) is 55.3 Å². The average Bonchev–Trinajstić information content (AvgIpc) is 3.20. The minimum Gasteiger partial charge on any atom is -0.497 e. The summed E-state index contributed by atoms with van der Waals surface area (Å²) in [6, 6.07) is 11.3. The van der Waals surface area contributed by atoms with E-state index in [1.807, 2.05) is 0 Å².